The molecule has 0 spiro atoms. The smallest absolute Gasteiger partial charge is 0.0327 e. The first kappa shape index (κ1) is 19.8. The maximum Gasteiger partial charge on any atom is 0.0327 e. The quantitative estimate of drug-likeness (QED) is 0.438. The van der Waals surface area contributed by atoms with Gasteiger partial charge in [-0.1, -0.05) is 96.4 Å². The molecule has 0 amide bonds. The molecule has 0 aliphatic heterocycles. The lowest BCUT2D eigenvalue weighted by molar-refractivity contribution is 0.310. The zero-order valence-electron chi connectivity index (χ0n) is 16.9. The number of benzene rings is 3. The topological polar surface area (TPSA) is 0 Å². The zero-order chi connectivity index (χ0) is 19.4. The minimum Gasteiger partial charge on any atom is -0.171 e. The van der Waals surface area contributed by atoms with Crippen molar-refractivity contribution in [1.29, 1.82) is 0 Å². The molecule has 0 aliphatic carbocycles. The Labute approximate surface area is 170 Å². The van der Waals surface area contributed by atoms with E-state index in [1.807, 2.05) is 0 Å². The van der Waals surface area contributed by atoms with Gasteiger partial charge in [-0.2, -0.15) is 12.6 Å². The molecule has 0 bridgehead atoms. The van der Waals surface area contributed by atoms with Crippen LogP contribution in [0, 0.1) is 26.2 Å². The second kappa shape index (κ2) is 8.35. The van der Waals surface area contributed by atoms with Crippen molar-refractivity contribution in [3.8, 4) is 0 Å². The first-order valence-electron chi connectivity index (χ1n) is 9.71. The molecular weight excluding hydrogens is 344 g/mol. The lowest BCUT2D eigenvalue weighted by Crippen LogP contribution is -2.28. The average molecular weight is 375 g/mol. The van der Waals surface area contributed by atoms with Gasteiger partial charge in [0, 0.05) is 5.25 Å². The van der Waals surface area contributed by atoms with Gasteiger partial charge in [0.15, 0.2) is 0 Å². The van der Waals surface area contributed by atoms with Crippen molar-refractivity contribution in [2.45, 2.75) is 45.8 Å². The van der Waals surface area contributed by atoms with Crippen molar-refractivity contribution < 1.29 is 0 Å². The molecule has 0 heterocycles. The van der Waals surface area contributed by atoms with Gasteiger partial charge >= 0.3 is 0 Å². The van der Waals surface area contributed by atoms with E-state index < -0.39 is 0 Å². The Balaban J connectivity index is 1.94. The van der Waals surface area contributed by atoms with Crippen LogP contribution in [0.5, 0.6) is 0 Å². The summed E-state index contributed by atoms with van der Waals surface area (Å²) in [6.45, 7) is 8.80. The second-order valence-electron chi connectivity index (χ2n) is 8.29. The molecule has 0 aromatic heterocycles. The standard InChI is InChI=1S/C26H30S/c1-19-5-11-22(12-6-19)17-26(4,18-23-13-7-20(2)8-14-23)25(27)24-15-9-21(3)10-16-24/h5-16,25,27H,17-18H2,1-4H3. The third-order valence-electron chi connectivity index (χ3n) is 5.51. The maximum absolute atomic E-state index is 5.14. The van der Waals surface area contributed by atoms with Crippen molar-refractivity contribution in [3.63, 3.8) is 0 Å². The highest BCUT2D eigenvalue weighted by molar-refractivity contribution is 7.80. The van der Waals surface area contributed by atoms with Crippen molar-refractivity contribution in [2.75, 3.05) is 0 Å². The van der Waals surface area contributed by atoms with Gasteiger partial charge in [-0.25, -0.2) is 0 Å². The van der Waals surface area contributed by atoms with E-state index in [9.17, 15) is 0 Å². The molecule has 1 atom stereocenters. The fourth-order valence-electron chi connectivity index (χ4n) is 3.75. The summed E-state index contributed by atoms with van der Waals surface area (Å²) < 4.78 is 0. The van der Waals surface area contributed by atoms with Crippen LogP contribution in [0.3, 0.4) is 0 Å². The summed E-state index contributed by atoms with van der Waals surface area (Å²) in [5.41, 5.74) is 7.97. The molecule has 0 fully saturated rings. The van der Waals surface area contributed by atoms with Crippen LogP contribution in [0.15, 0.2) is 72.8 Å². The summed E-state index contributed by atoms with van der Waals surface area (Å²) in [6.07, 6.45) is 2.01. The molecule has 0 saturated carbocycles. The summed E-state index contributed by atoms with van der Waals surface area (Å²) in [6, 6.07) is 26.7. The Morgan fingerprint density at radius 2 is 0.963 bits per heavy atom. The van der Waals surface area contributed by atoms with E-state index in [-0.39, 0.29) is 10.7 Å². The van der Waals surface area contributed by atoms with E-state index in [4.69, 9.17) is 12.6 Å². The molecular formula is C26H30S. The van der Waals surface area contributed by atoms with Crippen LogP contribution < -0.4 is 0 Å². The van der Waals surface area contributed by atoms with E-state index >= 15 is 0 Å². The molecule has 0 aliphatic rings. The SMILES string of the molecule is Cc1ccc(CC(C)(Cc2ccc(C)cc2)C(S)c2ccc(C)cc2)cc1. The summed E-state index contributed by atoms with van der Waals surface area (Å²) in [4.78, 5) is 0. The van der Waals surface area contributed by atoms with Crippen LogP contribution in [0.25, 0.3) is 0 Å². The first-order chi connectivity index (χ1) is 12.9. The minimum absolute atomic E-state index is 0.0168. The monoisotopic (exact) mass is 374 g/mol. The maximum atomic E-state index is 5.14. The summed E-state index contributed by atoms with van der Waals surface area (Å²) in [5, 5.41) is 0.167. The predicted molar refractivity (Wildman–Crippen MR) is 121 cm³/mol. The number of thiol groups is 1. The van der Waals surface area contributed by atoms with Crippen molar-refractivity contribution in [3.05, 3.63) is 106 Å². The first-order valence-corrected chi connectivity index (χ1v) is 10.2. The van der Waals surface area contributed by atoms with E-state index in [0.717, 1.165) is 12.8 Å². The summed E-state index contributed by atoms with van der Waals surface area (Å²) in [7, 11) is 0. The van der Waals surface area contributed by atoms with Gasteiger partial charge in [-0.05, 0) is 55.7 Å². The molecule has 3 aromatic rings. The number of hydrogen-bond donors (Lipinski definition) is 1. The molecule has 0 saturated heterocycles. The van der Waals surface area contributed by atoms with Gasteiger partial charge < -0.3 is 0 Å². The van der Waals surface area contributed by atoms with Crippen molar-refractivity contribution >= 4 is 12.6 Å². The minimum atomic E-state index is 0.0168. The largest absolute Gasteiger partial charge is 0.171 e. The fraction of sp³-hybridized carbons (Fsp3) is 0.308. The molecule has 3 rings (SSSR count). The fourth-order valence-corrected chi connectivity index (χ4v) is 4.11. The molecule has 0 nitrogen and oxygen atoms in total. The van der Waals surface area contributed by atoms with Crippen molar-refractivity contribution in [2.24, 2.45) is 5.41 Å². The van der Waals surface area contributed by atoms with E-state index in [0.29, 0.717) is 0 Å². The Morgan fingerprint density at radius 3 is 1.33 bits per heavy atom. The number of rotatable bonds is 6. The summed E-state index contributed by atoms with van der Waals surface area (Å²) in [5.74, 6) is 0. The zero-order valence-corrected chi connectivity index (χ0v) is 17.8. The van der Waals surface area contributed by atoms with Gasteiger partial charge in [0.25, 0.3) is 0 Å². The van der Waals surface area contributed by atoms with Gasteiger partial charge in [0.2, 0.25) is 0 Å². The molecule has 0 N–H and O–H groups in total. The highest BCUT2D eigenvalue weighted by Crippen LogP contribution is 2.44. The Morgan fingerprint density at radius 1 is 0.630 bits per heavy atom. The van der Waals surface area contributed by atoms with Gasteiger partial charge in [0.05, 0.1) is 0 Å². The molecule has 3 aromatic carbocycles. The Kier molecular flexibility index (Phi) is 6.11. The molecule has 140 valence electrons. The summed E-state index contributed by atoms with van der Waals surface area (Å²) >= 11 is 5.14. The van der Waals surface area contributed by atoms with Gasteiger partial charge in [0.1, 0.15) is 0 Å². The highest BCUT2D eigenvalue weighted by Gasteiger charge is 2.33. The van der Waals surface area contributed by atoms with Crippen LogP contribution in [0.1, 0.15) is 45.6 Å². The van der Waals surface area contributed by atoms with E-state index in [1.165, 1.54) is 33.4 Å². The van der Waals surface area contributed by atoms with Crippen LogP contribution in [-0.2, 0) is 12.8 Å². The lowest BCUT2D eigenvalue weighted by Gasteiger charge is -2.36. The molecule has 0 radical (unpaired) electrons. The Bertz CT molecular complexity index is 810. The average Bonchev–Trinajstić information content (AvgIpc) is 2.66. The third-order valence-corrected chi connectivity index (χ3v) is 6.43. The lowest BCUT2D eigenvalue weighted by atomic mass is 9.73. The predicted octanol–water partition coefficient (Wildman–Crippen LogP) is 7.07. The Hall–Kier alpha value is -1.99. The van der Waals surface area contributed by atoms with Crippen LogP contribution >= 0.6 is 12.6 Å². The van der Waals surface area contributed by atoms with Crippen LogP contribution in [0.2, 0.25) is 0 Å². The van der Waals surface area contributed by atoms with Crippen molar-refractivity contribution in [1.82, 2.24) is 0 Å². The molecule has 1 heteroatoms. The third kappa shape index (κ3) is 5.05. The van der Waals surface area contributed by atoms with Gasteiger partial charge in [-0.3, -0.25) is 0 Å². The van der Waals surface area contributed by atoms with Gasteiger partial charge in [-0.15, -0.1) is 0 Å². The number of aryl methyl sites for hydroxylation is 3. The van der Waals surface area contributed by atoms with Crippen LogP contribution in [-0.4, -0.2) is 0 Å². The normalized spacial score (nSPS) is 12.8. The van der Waals surface area contributed by atoms with E-state index in [1.54, 1.807) is 0 Å². The molecule has 27 heavy (non-hydrogen) atoms. The van der Waals surface area contributed by atoms with Crippen LogP contribution in [0.4, 0.5) is 0 Å². The second-order valence-corrected chi connectivity index (χ2v) is 8.81. The molecule has 1 unspecified atom stereocenters. The van der Waals surface area contributed by atoms with E-state index in [2.05, 4.69) is 100 Å². The number of hydrogen-bond acceptors (Lipinski definition) is 1. The highest BCUT2D eigenvalue weighted by atomic mass is 32.1.